The molecule has 0 atom stereocenters. The van der Waals surface area contributed by atoms with Gasteiger partial charge >= 0.3 is 0 Å². The van der Waals surface area contributed by atoms with Crippen molar-refractivity contribution in [3.05, 3.63) is 82.2 Å². The van der Waals surface area contributed by atoms with E-state index in [4.69, 9.17) is 9.26 Å². The molecule has 5 aromatic rings. The fraction of sp³-hybridized carbons (Fsp3) is 0.217. The number of hydrogen-bond acceptors (Lipinski definition) is 8. The van der Waals surface area contributed by atoms with E-state index in [2.05, 4.69) is 32.4 Å². The van der Waals surface area contributed by atoms with Gasteiger partial charge in [0.15, 0.2) is 11.2 Å². The molecule has 0 amide bonds. The van der Waals surface area contributed by atoms with E-state index >= 15 is 0 Å². The van der Waals surface area contributed by atoms with Crippen LogP contribution >= 0.6 is 0 Å². The van der Waals surface area contributed by atoms with Crippen LogP contribution in [0.2, 0.25) is 0 Å². The molecule has 0 spiro atoms. The number of methoxy groups -OCH3 is 1. The van der Waals surface area contributed by atoms with E-state index in [0.29, 0.717) is 23.9 Å². The summed E-state index contributed by atoms with van der Waals surface area (Å²) in [5.41, 5.74) is 3.29. The van der Waals surface area contributed by atoms with Gasteiger partial charge in [-0.1, -0.05) is 53.7 Å². The molecule has 0 aliphatic rings. The van der Waals surface area contributed by atoms with E-state index in [1.807, 2.05) is 48.5 Å². The van der Waals surface area contributed by atoms with Crippen molar-refractivity contribution in [2.75, 3.05) is 7.11 Å². The zero-order chi connectivity index (χ0) is 22.8. The Hall–Kier alpha value is -4.34. The Labute approximate surface area is 188 Å². The van der Waals surface area contributed by atoms with Crippen molar-refractivity contribution in [1.29, 1.82) is 0 Å². The second kappa shape index (κ2) is 8.65. The van der Waals surface area contributed by atoms with Gasteiger partial charge in [-0.05, 0) is 29.7 Å². The molecule has 0 unspecified atom stereocenters. The molecule has 10 nitrogen and oxygen atoms in total. The van der Waals surface area contributed by atoms with Crippen molar-refractivity contribution in [3.63, 3.8) is 0 Å². The Bertz CT molecular complexity index is 1470. The fourth-order valence-electron chi connectivity index (χ4n) is 3.52. The summed E-state index contributed by atoms with van der Waals surface area (Å²) in [6, 6.07) is 15.6. The van der Waals surface area contributed by atoms with Crippen molar-refractivity contribution >= 4 is 11.2 Å². The molecular weight excluding hydrogens is 422 g/mol. The van der Waals surface area contributed by atoms with E-state index in [0.717, 1.165) is 23.3 Å². The maximum atomic E-state index is 12.9. The highest BCUT2D eigenvalue weighted by atomic mass is 16.5. The third-order valence-electron chi connectivity index (χ3n) is 5.35. The number of aryl methyl sites for hydroxylation is 1. The largest absolute Gasteiger partial charge is 0.497 e. The highest BCUT2D eigenvalue weighted by Gasteiger charge is 2.15. The van der Waals surface area contributed by atoms with E-state index in [-0.39, 0.29) is 17.6 Å². The number of fused-ring (bicyclic) bond motifs is 1. The number of nitrogens with zero attached hydrogens (tertiary/aromatic N) is 7. The molecule has 3 heterocycles. The molecule has 5 rings (SSSR count). The first-order valence-electron chi connectivity index (χ1n) is 10.5. The van der Waals surface area contributed by atoms with Crippen LogP contribution < -0.4 is 10.3 Å². The standard InChI is InChI=1S/C23H21N7O3/c1-3-15-7-9-17(10-8-15)21-25-19(33-27-21)13-29-14-24-22-20(23(29)31)26-28-30(22)12-16-5-4-6-18(11-16)32-2/h4-11,14H,3,12-13H2,1-2H3. The van der Waals surface area contributed by atoms with Gasteiger partial charge in [-0.2, -0.15) is 4.98 Å². The average molecular weight is 443 g/mol. The molecule has 0 aliphatic heterocycles. The van der Waals surface area contributed by atoms with E-state index < -0.39 is 0 Å². The first-order chi connectivity index (χ1) is 16.1. The molecule has 0 saturated heterocycles. The van der Waals surface area contributed by atoms with E-state index in [1.165, 1.54) is 16.5 Å². The van der Waals surface area contributed by atoms with E-state index in [9.17, 15) is 4.79 Å². The summed E-state index contributed by atoms with van der Waals surface area (Å²) in [4.78, 5) is 21.8. The number of benzene rings is 2. The van der Waals surface area contributed by atoms with Crippen LogP contribution in [0.25, 0.3) is 22.6 Å². The minimum Gasteiger partial charge on any atom is -0.497 e. The second-order valence-electron chi connectivity index (χ2n) is 7.51. The fourth-order valence-corrected chi connectivity index (χ4v) is 3.52. The van der Waals surface area contributed by atoms with Gasteiger partial charge in [-0.25, -0.2) is 9.67 Å². The van der Waals surface area contributed by atoms with Crippen molar-refractivity contribution in [1.82, 2.24) is 34.7 Å². The predicted molar refractivity (Wildman–Crippen MR) is 120 cm³/mol. The van der Waals surface area contributed by atoms with Gasteiger partial charge in [0, 0.05) is 5.56 Å². The molecule has 0 N–H and O–H groups in total. The van der Waals surface area contributed by atoms with Crippen LogP contribution in [0.1, 0.15) is 23.9 Å². The van der Waals surface area contributed by atoms with Crippen molar-refractivity contribution < 1.29 is 9.26 Å². The molecule has 0 radical (unpaired) electrons. The average Bonchev–Trinajstić information content (AvgIpc) is 3.49. The minimum atomic E-state index is -0.330. The Kier molecular flexibility index (Phi) is 5.39. The second-order valence-corrected chi connectivity index (χ2v) is 7.51. The SMILES string of the molecule is CCc1ccc(-c2noc(Cn3cnc4c(nnn4Cc4cccc(OC)c4)c3=O)n2)cc1. The minimum absolute atomic E-state index is 0.0879. The van der Waals surface area contributed by atoms with Gasteiger partial charge in [-0.3, -0.25) is 9.36 Å². The van der Waals surface area contributed by atoms with Crippen molar-refractivity contribution in [2.45, 2.75) is 26.4 Å². The Morgan fingerprint density at radius 2 is 1.91 bits per heavy atom. The topological polar surface area (TPSA) is 114 Å². The molecule has 0 aliphatic carbocycles. The molecular formula is C23H21N7O3. The predicted octanol–water partition coefficient (Wildman–Crippen LogP) is 2.71. The first-order valence-corrected chi connectivity index (χ1v) is 10.5. The van der Waals surface area contributed by atoms with Crippen LogP contribution in [0.5, 0.6) is 5.75 Å². The van der Waals surface area contributed by atoms with Gasteiger partial charge < -0.3 is 9.26 Å². The number of ether oxygens (including phenoxy) is 1. The number of aromatic nitrogens is 7. The molecule has 0 bridgehead atoms. The lowest BCUT2D eigenvalue weighted by Gasteiger charge is -2.05. The Morgan fingerprint density at radius 3 is 2.70 bits per heavy atom. The normalized spacial score (nSPS) is 11.2. The van der Waals surface area contributed by atoms with Gasteiger partial charge in [-0.15, -0.1) is 5.10 Å². The third kappa shape index (κ3) is 4.10. The van der Waals surface area contributed by atoms with Gasteiger partial charge in [0.2, 0.25) is 11.7 Å². The van der Waals surface area contributed by atoms with Crippen LogP contribution in [-0.4, -0.2) is 41.8 Å². The Balaban J connectivity index is 1.38. The Morgan fingerprint density at radius 1 is 1.06 bits per heavy atom. The molecule has 166 valence electrons. The first kappa shape index (κ1) is 20.6. The molecule has 10 heteroatoms. The lowest BCUT2D eigenvalue weighted by atomic mass is 10.1. The lowest BCUT2D eigenvalue weighted by Crippen LogP contribution is -2.21. The van der Waals surface area contributed by atoms with Gasteiger partial charge in [0.25, 0.3) is 5.56 Å². The quantitative estimate of drug-likeness (QED) is 0.377. The summed E-state index contributed by atoms with van der Waals surface area (Å²) in [5.74, 6) is 1.52. The molecule has 2 aromatic carbocycles. The van der Waals surface area contributed by atoms with Gasteiger partial charge in [0.05, 0.1) is 13.7 Å². The molecule has 0 fully saturated rings. The van der Waals surface area contributed by atoms with Crippen LogP contribution in [0.15, 0.2) is 64.2 Å². The smallest absolute Gasteiger partial charge is 0.283 e. The van der Waals surface area contributed by atoms with Crippen LogP contribution in [0, 0.1) is 0 Å². The number of hydrogen-bond donors (Lipinski definition) is 0. The molecule has 33 heavy (non-hydrogen) atoms. The highest BCUT2D eigenvalue weighted by Crippen LogP contribution is 2.18. The lowest BCUT2D eigenvalue weighted by molar-refractivity contribution is 0.369. The highest BCUT2D eigenvalue weighted by molar-refractivity contribution is 5.67. The van der Waals surface area contributed by atoms with Crippen LogP contribution in [0.4, 0.5) is 0 Å². The van der Waals surface area contributed by atoms with Crippen LogP contribution in [-0.2, 0) is 19.5 Å². The monoisotopic (exact) mass is 443 g/mol. The zero-order valence-corrected chi connectivity index (χ0v) is 18.2. The molecule has 0 saturated carbocycles. The summed E-state index contributed by atoms with van der Waals surface area (Å²) in [7, 11) is 1.61. The summed E-state index contributed by atoms with van der Waals surface area (Å²) >= 11 is 0. The van der Waals surface area contributed by atoms with Crippen LogP contribution in [0.3, 0.4) is 0 Å². The zero-order valence-electron chi connectivity index (χ0n) is 18.2. The third-order valence-corrected chi connectivity index (χ3v) is 5.35. The summed E-state index contributed by atoms with van der Waals surface area (Å²) < 4.78 is 13.6. The van der Waals surface area contributed by atoms with Crippen molar-refractivity contribution in [2.24, 2.45) is 0 Å². The number of rotatable bonds is 7. The van der Waals surface area contributed by atoms with Crippen molar-refractivity contribution in [3.8, 4) is 17.1 Å². The maximum absolute atomic E-state index is 12.9. The summed E-state index contributed by atoms with van der Waals surface area (Å²) in [6.07, 6.45) is 2.40. The maximum Gasteiger partial charge on any atom is 0.283 e. The summed E-state index contributed by atoms with van der Waals surface area (Å²) in [6.45, 7) is 2.60. The molecule has 3 aromatic heterocycles. The summed E-state index contributed by atoms with van der Waals surface area (Å²) in [5, 5.41) is 12.2. The van der Waals surface area contributed by atoms with E-state index in [1.54, 1.807) is 11.8 Å². The van der Waals surface area contributed by atoms with Gasteiger partial charge in [0.1, 0.15) is 18.6 Å².